The van der Waals surface area contributed by atoms with Crippen molar-refractivity contribution in [3.63, 3.8) is 0 Å². The van der Waals surface area contributed by atoms with Crippen LogP contribution in [0, 0.1) is 5.41 Å². The van der Waals surface area contributed by atoms with Crippen LogP contribution in [0.3, 0.4) is 0 Å². The Hall–Kier alpha value is -3.32. The lowest BCUT2D eigenvalue weighted by Crippen LogP contribution is -2.34. The zero-order valence-electron chi connectivity index (χ0n) is 20.4. The first-order chi connectivity index (χ1) is 16.9. The summed E-state index contributed by atoms with van der Waals surface area (Å²) in [5.74, 6) is 1.07. The van der Waals surface area contributed by atoms with Crippen molar-refractivity contribution in [2.24, 2.45) is 9.98 Å². The summed E-state index contributed by atoms with van der Waals surface area (Å²) in [6.45, 7) is 4.35. The standard InChI is InChI=1S/C28H32ClN5O/c1-20(30)34(21(2)31-3)27-12-8-7-11-26(27)28(23-13-15-24(29)16-14-23)33-19-32-18-25(35)17-22-9-5-4-6-10-22/h4-16,25,30,32,35H,17-19H2,1-3H3. The molecular formula is C28H32ClN5O. The number of nitrogens with zero attached hydrogens (tertiary/aromatic N) is 3. The molecule has 0 aliphatic carbocycles. The molecule has 7 heteroatoms. The van der Waals surface area contributed by atoms with Gasteiger partial charge in [0.05, 0.1) is 24.2 Å². The summed E-state index contributed by atoms with van der Waals surface area (Å²) in [5.41, 5.74) is 4.45. The second-order valence-electron chi connectivity index (χ2n) is 8.18. The molecule has 0 aliphatic heterocycles. The molecule has 35 heavy (non-hydrogen) atoms. The fourth-order valence-electron chi connectivity index (χ4n) is 3.83. The van der Waals surface area contributed by atoms with Crippen LogP contribution >= 0.6 is 11.6 Å². The summed E-state index contributed by atoms with van der Waals surface area (Å²) < 4.78 is 0. The number of aliphatic imine (C=N–C) groups is 2. The Morgan fingerprint density at radius 2 is 1.66 bits per heavy atom. The van der Waals surface area contributed by atoms with Gasteiger partial charge in [-0.25, -0.2) is 0 Å². The molecule has 0 heterocycles. The molecule has 0 fully saturated rings. The highest BCUT2D eigenvalue weighted by Crippen LogP contribution is 2.26. The smallest absolute Gasteiger partial charge is 0.105 e. The van der Waals surface area contributed by atoms with Gasteiger partial charge in [-0.15, -0.1) is 0 Å². The quantitative estimate of drug-likeness (QED) is 0.220. The van der Waals surface area contributed by atoms with Gasteiger partial charge in [0.25, 0.3) is 0 Å². The molecule has 1 atom stereocenters. The fraction of sp³-hybridized carbons (Fsp3) is 0.250. The minimum Gasteiger partial charge on any atom is -0.391 e. The Morgan fingerprint density at radius 1 is 1.00 bits per heavy atom. The van der Waals surface area contributed by atoms with Crippen LogP contribution in [-0.2, 0) is 6.42 Å². The molecule has 1 unspecified atom stereocenters. The lowest BCUT2D eigenvalue weighted by atomic mass is 9.99. The number of anilines is 1. The molecule has 0 radical (unpaired) electrons. The van der Waals surface area contributed by atoms with Crippen LogP contribution in [0.2, 0.25) is 5.02 Å². The van der Waals surface area contributed by atoms with E-state index < -0.39 is 6.10 Å². The predicted octanol–water partition coefficient (Wildman–Crippen LogP) is 5.18. The van der Waals surface area contributed by atoms with Crippen molar-refractivity contribution in [2.75, 3.05) is 25.2 Å². The van der Waals surface area contributed by atoms with Crippen molar-refractivity contribution in [2.45, 2.75) is 26.4 Å². The SMILES string of the molecule is CN=C(C)N(C(C)=N)c1ccccc1C(=NCNCC(O)Cc1ccccc1)c1ccc(Cl)cc1. The van der Waals surface area contributed by atoms with E-state index in [1.165, 1.54) is 0 Å². The summed E-state index contributed by atoms with van der Waals surface area (Å²) >= 11 is 6.14. The average Bonchev–Trinajstić information content (AvgIpc) is 2.86. The van der Waals surface area contributed by atoms with Crippen molar-refractivity contribution in [1.82, 2.24) is 5.32 Å². The number of amidine groups is 2. The molecule has 0 aromatic heterocycles. The number of aliphatic hydroxyl groups is 1. The Bertz CT molecular complexity index is 1180. The summed E-state index contributed by atoms with van der Waals surface area (Å²) in [5, 5.41) is 22.7. The van der Waals surface area contributed by atoms with Crippen molar-refractivity contribution in [3.8, 4) is 0 Å². The molecular weight excluding hydrogens is 458 g/mol. The molecule has 182 valence electrons. The maximum atomic E-state index is 10.4. The molecule has 0 bridgehead atoms. The molecule has 0 amide bonds. The number of halogens is 1. The van der Waals surface area contributed by atoms with E-state index in [1.807, 2.05) is 85.8 Å². The van der Waals surface area contributed by atoms with Crippen LogP contribution in [0.1, 0.15) is 30.5 Å². The minimum absolute atomic E-state index is 0.322. The van der Waals surface area contributed by atoms with Gasteiger partial charge < -0.3 is 5.11 Å². The van der Waals surface area contributed by atoms with Gasteiger partial charge in [-0.2, -0.15) is 0 Å². The molecule has 3 aromatic carbocycles. The van der Waals surface area contributed by atoms with Crippen molar-refractivity contribution < 1.29 is 5.11 Å². The summed E-state index contributed by atoms with van der Waals surface area (Å²) in [7, 11) is 1.72. The van der Waals surface area contributed by atoms with E-state index in [0.717, 1.165) is 28.1 Å². The fourth-order valence-corrected chi connectivity index (χ4v) is 3.96. The Morgan fingerprint density at radius 3 is 2.31 bits per heavy atom. The van der Waals surface area contributed by atoms with E-state index >= 15 is 0 Å². The van der Waals surface area contributed by atoms with E-state index in [9.17, 15) is 5.11 Å². The van der Waals surface area contributed by atoms with Crippen molar-refractivity contribution in [1.29, 1.82) is 5.41 Å². The van der Waals surface area contributed by atoms with Crippen LogP contribution in [0.25, 0.3) is 0 Å². The van der Waals surface area contributed by atoms with Crippen molar-refractivity contribution in [3.05, 3.63) is 101 Å². The van der Waals surface area contributed by atoms with Crippen molar-refractivity contribution >= 4 is 34.7 Å². The third kappa shape index (κ3) is 7.33. The summed E-state index contributed by atoms with van der Waals surface area (Å²) in [6.07, 6.45) is 0.0616. The van der Waals surface area contributed by atoms with E-state index in [1.54, 1.807) is 18.9 Å². The van der Waals surface area contributed by atoms with Gasteiger partial charge in [0.1, 0.15) is 11.7 Å². The first-order valence-corrected chi connectivity index (χ1v) is 11.9. The van der Waals surface area contributed by atoms with Crippen LogP contribution in [0.5, 0.6) is 0 Å². The zero-order chi connectivity index (χ0) is 25.2. The molecule has 0 aliphatic rings. The lowest BCUT2D eigenvalue weighted by Gasteiger charge is -2.26. The van der Waals surface area contributed by atoms with E-state index in [4.69, 9.17) is 22.0 Å². The number of hydrogen-bond donors (Lipinski definition) is 3. The third-order valence-electron chi connectivity index (χ3n) is 5.54. The molecule has 0 spiro atoms. The Kier molecular flexibility index (Phi) is 9.73. The average molecular weight is 490 g/mol. The maximum Gasteiger partial charge on any atom is 0.105 e. The maximum absolute atomic E-state index is 10.4. The normalized spacial score (nSPS) is 12.9. The second-order valence-corrected chi connectivity index (χ2v) is 8.61. The topological polar surface area (TPSA) is 84.1 Å². The highest BCUT2D eigenvalue weighted by molar-refractivity contribution is 6.31. The number of aliphatic hydroxyl groups excluding tert-OH is 1. The molecule has 0 saturated carbocycles. The predicted molar refractivity (Wildman–Crippen MR) is 147 cm³/mol. The van der Waals surface area contributed by atoms with E-state index in [0.29, 0.717) is 36.3 Å². The van der Waals surface area contributed by atoms with E-state index in [-0.39, 0.29) is 0 Å². The van der Waals surface area contributed by atoms with Gasteiger partial charge in [-0.3, -0.25) is 25.6 Å². The van der Waals surface area contributed by atoms with E-state index in [2.05, 4.69) is 10.3 Å². The van der Waals surface area contributed by atoms with Crippen LogP contribution < -0.4 is 10.2 Å². The lowest BCUT2D eigenvalue weighted by molar-refractivity contribution is 0.172. The molecule has 3 N–H and O–H groups in total. The highest BCUT2D eigenvalue weighted by Gasteiger charge is 2.19. The number of nitrogens with one attached hydrogen (secondary N) is 2. The minimum atomic E-state index is -0.515. The monoisotopic (exact) mass is 489 g/mol. The molecule has 3 aromatic rings. The summed E-state index contributed by atoms with van der Waals surface area (Å²) in [6, 6.07) is 25.3. The zero-order valence-corrected chi connectivity index (χ0v) is 21.1. The van der Waals surface area contributed by atoms with Crippen LogP contribution in [0.4, 0.5) is 5.69 Å². The van der Waals surface area contributed by atoms with Gasteiger partial charge in [0.2, 0.25) is 0 Å². The Balaban J connectivity index is 1.88. The highest BCUT2D eigenvalue weighted by atomic mass is 35.5. The molecule has 3 rings (SSSR count). The van der Waals surface area contributed by atoms with Gasteiger partial charge in [0.15, 0.2) is 0 Å². The van der Waals surface area contributed by atoms with Crippen LogP contribution in [-0.4, -0.2) is 48.9 Å². The summed E-state index contributed by atoms with van der Waals surface area (Å²) in [4.78, 5) is 11.0. The van der Waals surface area contributed by atoms with Gasteiger partial charge >= 0.3 is 0 Å². The van der Waals surface area contributed by atoms with Crippen LogP contribution in [0.15, 0.2) is 88.8 Å². The van der Waals surface area contributed by atoms with Gasteiger partial charge in [-0.05, 0) is 44.0 Å². The Labute approximate surface area is 212 Å². The van der Waals surface area contributed by atoms with Gasteiger partial charge in [0, 0.05) is 29.7 Å². The largest absolute Gasteiger partial charge is 0.391 e. The number of rotatable bonds is 9. The second kappa shape index (κ2) is 13.0. The molecule has 6 nitrogen and oxygen atoms in total. The van der Waals surface area contributed by atoms with Gasteiger partial charge in [-0.1, -0.05) is 72.3 Å². The first kappa shape index (κ1) is 26.3. The molecule has 0 saturated heterocycles. The number of benzene rings is 3. The first-order valence-electron chi connectivity index (χ1n) is 11.5. The third-order valence-corrected chi connectivity index (χ3v) is 5.80. The number of hydrogen-bond acceptors (Lipinski definition) is 5. The number of para-hydroxylation sites is 1.